The topological polar surface area (TPSA) is 52.6 Å². The largest absolute Gasteiger partial charge is 0.393 e. The van der Waals surface area contributed by atoms with Gasteiger partial charge in [-0.05, 0) is 82.0 Å². The molecule has 0 radical (unpaired) electrons. The summed E-state index contributed by atoms with van der Waals surface area (Å²) in [6, 6.07) is 0.998. The Bertz CT molecular complexity index is 518. The number of aliphatic hydroxyl groups excluding tert-OH is 1. The molecule has 5 atom stereocenters. The van der Waals surface area contributed by atoms with Crippen molar-refractivity contribution in [3.8, 4) is 0 Å². The second-order valence-electron chi connectivity index (χ2n) is 9.69. The second kappa shape index (κ2) is 5.44. The van der Waals surface area contributed by atoms with Gasteiger partial charge in [0.15, 0.2) is 0 Å². The molecule has 4 heteroatoms. The monoisotopic (exact) mass is 332 g/mol. The number of hydrogen-bond donors (Lipinski definition) is 2. The van der Waals surface area contributed by atoms with Crippen LogP contribution in [-0.4, -0.2) is 46.2 Å². The van der Waals surface area contributed by atoms with Gasteiger partial charge in [0, 0.05) is 30.6 Å². The Hall–Kier alpha value is -0.610. The van der Waals surface area contributed by atoms with Crippen molar-refractivity contribution in [1.82, 2.24) is 10.2 Å². The van der Waals surface area contributed by atoms with Crippen LogP contribution in [-0.2, 0) is 4.79 Å². The summed E-state index contributed by atoms with van der Waals surface area (Å²) in [5.74, 6) is 2.95. The molecule has 4 nitrogen and oxygen atoms in total. The van der Waals surface area contributed by atoms with Crippen LogP contribution in [0.2, 0.25) is 0 Å². The van der Waals surface area contributed by atoms with Gasteiger partial charge in [0.05, 0.1) is 6.10 Å². The van der Waals surface area contributed by atoms with Gasteiger partial charge in [-0.3, -0.25) is 4.79 Å². The number of carbonyl (C=O) groups is 1. The zero-order valence-corrected chi connectivity index (χ0v) is 14.9. The lowest BCUT2D eigenvalue weighted by Gasteiger charge is -2.59. The van der Waals surface area contributed by atoms with E-state index in [0.717, 1.165) is 31.2 Å². The molecule has 0 aromatic rings. The third kappa shape index (κ3) is 2.28. The van der Waals surface area contributed by atoms with Crippen LogP contribution in [0.3, 0.4) is 0 Å². The summed E-state index contributed by atoms with van der Waals surface area (Å²) in [4.78, 5) is 14.9. The highest BCUT2D eigenvalue weighted by molar-refractivity contribution is 5.77. The number of nitrogens with zero attached hydrogens (tertiary/aromatic N) is 1. The highest BCUT2D eigenvalue weighted by Crippen LogP contribution is 2.55. The van der Waals surface area contributed by atoms with E-state index in [0.29, 0.717) is 36.2 Å². The fraction of sp³-hybridized carbons (Fsp3) is 0.950. The van der Waals surface area contributed by atoms with Crippen LogP contribution >= 0.6 is 0 Å². The van der Waals surface area contributed by atoms with Crippen LogP contribution in [0, 0.1) is 23.7 Å². The summed E-state index contributed by atoms with van der Waals surface area (Å²) in [5, 5.41) is 14.2. The fourth-order valence-electron chi connectivity index (χ4n) is 7.45. The van der Waals surface area contributed by atoms with Gasteiger partial charge in [-0.15, -0.1) is 0 Å². The Balaban J connectivity index is 1.18. The summed E-state index contributed by atoms with van der Waals surface area (Å²) < 4.78 is 0. The van der Waals surface area contributed by atoms with Gasteiger partial charge in [-0.2, -0.15) is 0 Å². The molecular weight excluding hydrogens is 300 g/mol. The smallest absolute Gasteiger partial charge is 0.224 e. The molecule has 2 N–H and O–H groups in total. The second-order valence-corrected chi connectivity index (χ2v) is 9.69. The number of carbonyl (C=O) groups excluding carboxylic acids is 1. The molecule has 6 fully saturated rings. The number of hydrogen-bond acceptors (Lipinski definition) is 3. The van der Waals surface area contributed by atoms with E-state index in [1.165, 1.54) is 38.5 Å². The van der Waals surface area contributed by atoms with Crippen LogP contribution in [0.15, 0.2) is 0 Å². The van der Waals surface area contributed by atoms with E-state index in [2.05, 4.69) is 17.1 Å². The molecule has 0 spiro atoms. The number of likely N-dealkylation sites (tertiary alicyclic amines) is 1. The van der Waals surface area contributed by atoms with E-state index in [1.807, 2.05) is 0 Å². The highest BCUT2D eigenvalue weighted by atomic mass is 16.3. The van der Waals surface area contributed by atoms with E-state index in [1.54, 1.807) is 0 Å². The molecule has 6 rings (SSSR count). The number of amides is 1. The highest BCUT2D eigenvalue weighted by Gasteiger charge is 2.54. The zero-order chi connectivity index (χ0) is 16.5. The average molecular weight is 332 g/mol. The van der Waals surface area contributed by atoms with Gasteiger partial charge < -0.3 is 15.3 Å². The van der Waals surface area contributed by atoms with Crippen molar-refractivity contribution in [3.05, 3.63) is 0 Å². The summed E-state index contributed by atoms with van der Waals surface area (Å²) in [6.45, 7) is 3.07. The Morgan fingerprint density at radius 1 is 1.12 bits per heavy atom. The minimum Gasteiger partial charge on any atom is -0.393 e. The van der Waals surface area contributed by atoms with Crippen molar-refractivity contribution >= 4 is 5.91 Å². The van der Waals surface area contributed by atoms with Gasteiger partial charge in [0.1, 0.15) is 0 Å². The minimum atomic E-state index is -0.0564. The Morgan fingerprint density at radius 2 is 1.88 bits per heavy atom. The van der Waals surface area contributed by atoms with E-state index in [-0.39, 0.29) is 11.6 Å². The normalized spacial score (nSPS) is 51.6. The molecule has 1 saturated heterocycles. The Morgan fingerprint density at radius 3 is 2.54 bits per heavy atom. The molecule has 24 heavy (non-hydrogen) atoms. The molecule has 0 aromatic heterocycles. The Labute approximate surface area is 145 Å². The van der Waals surface area contributed by atoms with E-state index >= 15 is 0 Å². The molecule has 4 unspecified atom stereocenters. The number of piperidine rings is 1. The predicted molar refractivity (Wildman–Crippen MR) is 92.3 cm³/mol. The zero-order valence-electron chi connectivity index (χ0n) is 14.9. The summed E-state index contributed by atoms with van der Waals surface area (Å²) in [6.07, 6.45) is 10.4. The maximum absolute atomic E-state index is 12.7. The molecule has 134 valence electrons. The number of fused-ring (bicyclic) bond motifs is 2. The standard InChI is InChI=1S/C20H32N2O2/c1-12-14-2-3-17(8-14)22(12)18(23)4-5-21-20-9-13-6-15(10-20)19(24)16(7-13)11-20/h12-17,19,21,24H,2-11H2,1H3/t12-,13?,14?,15?,16?,17?,19?,20?/m0/s1. The predicted octanol–water partition coefficient (Wildman–Crippen LogP) is 2.31. The van der Waals surface area contributed by atoms with Crippen molar-refractivity contribution in [1.29, 1.82) is 0 Å². The first-order chi connectivity index (χ1) is 11.5. The van der Waals surface area contributed by atoms with Crippen molar-refractivity contribution in [3.63, 3.8) is 0 Å². The molecule has 1 aliphatic heterocycles. The molecule has 0 aromatic carbocycles. The molecule has 1 heterocycles. The van der Waals surface area contributed by atoms with E-state index in [9.17, 15) is 9.90 Å². The molecule has 5 aliphatic carbocycles. The average Bonchev–Trinajstić information content (AvgIpc) is 3.12. The van der Waals surface area contributed by atoms with Crippen LogP contribution < -0.4 is 5.32 Å². The summed E-state index contributed by atoms with van der Waals surface area (Å²) in [5.41, 5.74) is 0.228. The SMILES string of the molecule is C[C@H]1C2CCC(C2)N1C(=O)CCNC12CC3CC(C1)C(O)C(C3)C2. The molecular formula is C20H32N2O2. The lowest BCUT2D eigenvalue weighted by Crippen LogP contribution is -2.63. The van der Waals surface area contributed by atoms with Gasteiger partial charge >= 0.3 is 0 Å². The summed E-state index contributed by atoms with van der Waals surface area (Å²) in [7, 11) is 0. The number of nitrogens with one attached hydrogen (secondary N) is 1. The van der Waals surface area contributed by atoms with E-state index < -0.39 is 0 Å². The third-order valence-corrected chi connectivity index (χ3v) is 8.31. The van der Waals surface area contributed by atoms with Crippen molar-refractivity contribution in [2.75, 3.05) is 6.54 Å². The van der Waals surface area contributed by atoms with Crippen molar-refractivity contribution in [2.24, 2.45) is 23.7 Å². The third-order valence-electron chi connectivity index (χ3n) is 8.31. The van der Waals surface area contributed by atoms with Gasteiger partial charge in [0.25, 0.3) is 0 Å². The molecule has 6 bridgehead atoms. The van der Waals surface area contributed by atoms with Crippen molar-refractivity contribution < 1.29 is 9.90 Å². The lowest BCUT2D eigenvalue weighted by atomic mass is 9.52. The maximum atomic E-state index is 12.7. The van der Waals surface area contributed by atoms with Crippen LogP contribution in [0.25, 0.3) is 0 Å². The van der Waals surface area contributed by atoms with Crippen molar-refractivity contribution in [2.45, 2.75) is 88.4 Å². The Kier molecular flexibility index (Phi) is 3.54. The number of rotatable bonds is 4. The minimum absolute atomic E-state index is 0.0564. The van der Waals surface area contributed by atoms with Crippen LogP contribution in [0.4, 0.5) is 0 Å². The number of aliphatic hydroxyl groups is 1. The molecule has 5 saturated carbocycles. The first kappa shape index (κ1) is 15.6. The lowest BCUT2D eigenvalue weighted by molar-refractivity contribution is -0.135. The van der Waals surface area contributed by atoms with Gasteiger partial charge in [-0.1, -0.05) is 0 Å². The van der Waals surface area contributed by atoms with Crippen LogP contribution in [0.5, 0.6) is 0 Å². The van der Waals surface area contributed by atoms with Gasteiger partial charge in [0.2, 0.25) is 5.91 Å². The van der Waals surface area contributed by atoms with Gasteiger partial charge in [-0.25, -0.2) is 0 Å². The molecule has 1 amide bonds. The quantitative estimate of drug-likeness (QED) is 0.831. The maximum Gasteiger partial charge on any atom is 0.224 e. The summed E-state index contributed by atoms with van der Waals surface area (Å²) >= 11 is 0. The van der Waals surface area contributed by atoms with Crippen LogP contribution in [0.1, 0.15) is 64.7 Å². The van der Waals surface area contributed by atoms with E-state index in [4.69, 9.17) is 0 Å². The first-order valence-corrected chi connectivity index (χ1v) is 10.3. The first-order valence-electron chi connectivity index (χ1n) is 10.3. The fourth-order valence-corrected chi connectivity index (χ4v) is 7.45. The molecule has 6 aliphatic rings.